The third-order valence-corrected chi connectivity index (χ3v) is 3.20. The first kappa shape index (κ1) is 13.0. The standard InChI is InChI=1S/C12H18N4OS/c1-8(2)5-4-6-16-10-9(15-12(16)18)11(17-3)14-7-13-10/h7-8H,4-6H2,1-3H3,(H,15,18). The highest BCUT2D eigenvalue weighted by Gasteiger charge is 2.11. The molecule has 1 N–H and O–H groups in total. The third kappa shape index (κ3) is 2.53. The van der Waals surface area contributed by atoms with E-state index in [1.807, 2.05) is 4.57 Å². The van der Waals surface area contributed by atoms with Gasteiger partial charge in [-0.25, -0.2) is 4.98 Å². The van der Waals surface area contributed by atoms with Gasteiger partial charge in [-0.05, 0) is 31.0 Å². The minimum absolute atomic E-state index is 0.536. The van der Waals surface area contributed by atoms with E-state index in [1.54, 1.807) is 7.11 Å². The number of rotatable bonds is 5. The summed E-state index contributed by atoms with van der Waals surface area (Å²) in [6.07, 6.45) is 3.77. The molecular formula is C12H18N4OS. The van der Waals surface area contributed by atoms with E-state index >= 15 is 0 Å². The van der Waals surface area contributed by atoms with Gasteiger partial charge < -0.3 is 14.3 Å². The fourth-order valence-corrected chi connectivity index (χ4v) is 2.25. The number of methoxy groups -OCH3 is 1. The van der Waals surface area contributed by atoms with Gasteiger partial charge in [-0.2, -0.15) is 4.98 Å². The molecule has 6 heteroatoms. The molecular weight excluding hydrogens is 248 g/mol. The van der Waals surface area contributed by atoms with E-state index in [2.05, 4.69) is 28.8 Å². The smallest absolute Gasteiger partial charge is 0.242 e. The molecule has 2 aromatic heterocycles. The van der Waals surface area contributed by atoms with Crippen LogP contribution in [-0.4, -0.2) is 26.6 Å². The number of aromatic nitrogens is 4. The zero-order chi connectivity index (χ0) is 13.1. The van der Waals surface area contributed by atoms with Gasteiger partial charge in [0.25, 0.3) is 0 Å². The number of ether oxygens (including phenoxy) is 1. The Balaban J connectivity index is 2.33. The van der Waals surface area contributed by atoms with Crippen LogP contribution in [0.25, 0.3) is 11.2 Å². The van der Waals surface area contributed by atoms with Crippen LogP contribution < -0.4 is 4.74 Å². The van der Waals surface area contributed by atoms with E-state index in [1.165, 1.54) is 12.7 Å². The van der Waals surface area contributed by atoms with Gasteiger partial charge in [-0.15, -0.1) is 0 Å². The van der Waals surface area contributed by atoms with Gasteiger partial charge in [0.05, 0.1) is 7.11 Å². The highest BCUT2D eigenvalue weighted by molar-refractivity contribution is 7.71. The Bertz CT molecular complexity index is 587. The SMILES string of the molecule is COc1ncnc2c1[nH]c(=S)n2CCCC(C)C. The quantitative estimate of drug-likeness (QED) is 0.845. The first-order valence-electron chi connectivity index (χ1n) is 6.11. The van der Waals surface area contributed by atoms with Crippen molar-refractivity contribution >= 4 is 23.4 Å². The molecule has 0 atom stereocenters. The number of nitrogens with one attached hydrogen (secondary N) is 1. The molecule has 2 heterocycles. The molecule has 0 radical (unpaired) electrons. The molecule has 5 nitrogen and oxygen atoms in total. The Labute approximate surface area is 111 Å². The number of fused-ring (bicyclic) bond motifs is 1. The van der Waals surface area contributed by atoms with Gasteiger partial charge >= 0.3 is 0 Å². The van der Waals surface area contributed by atoms with Crippen molar-refractivity contribution in [1.29, 1.82) is 0 Å². The van der Waals surface area contributed by atoms with Crippen molar-refractivity contribution in [2.75, 3.05) is 7.11 Å². The molecule has 2 rings (SSSR count). The number of aromatic amines is 1. The summed E-state index contributed by atoms with van der Waals surface area (Å²) < 4.78 is 7.88. The molecule has 18 heavy (non-hydrogen) atoms. The van der Waals surface area contributed by atoms with Crippen molar-refractivity contribution in [2.24, 2.45) is 5.92 Å². The van der Waals surface area contributed by atoms with E-state index < -0.39 is 0 Å². The van der Waals surface area contributed by atoms with E-state index in [-0.39, 0.29) is 0 Å². The number of imidazole rings is 1. The van der Waals surface area contributed by atoms with Crippen molar-refractivity contribution in [2.45, 2.75) is 33.2 Å². The Morgan fingerprint density at radius 2 is 2.22 bits per heavy atom. The molecule has 0 fully saturated rings. The van der Waals surface area contributed by atoms with Crippen molar-refractivity contribution in [3.8, 4) is 5.88 Å². The monoisotopic (exact) mass is 266 g/mol. The van der Waals surface area contributed by atoms with Crippen LogP contribution in [0.3, 0.4) is 0 Å². The summed E-state index contributed by atoms with van der Waals surface area (Å²) in [5.74, 6) is 1.24. The molecule has 0 spiro atoms. The van der Waals surface area contributed by atoms with Gasteiger partial charge in [0.1, 0.15) is 11.8 Å². The fraction of sp³-hybridized carbons (Fsp3) is 0.583. The average molecular weight is 266 g/mol. The van der Waals surface area contributed by atoms with Crippen LogP contribution in [0.2, 0.25) is 0 Å². The molecule has 98 valence electrons. The molecule has 0 bridgehead atoms. The lowest BCUT2D eigenvalue weighted by molar-refractivity contribution is 0.401. The third-order valence-electron chi connectivity index (χ3n) is 2.88. The normalized spacial score (nSPS) is 11.3. The molecule has 0 aliphatic rings. The van der Waals surface area contributed by atoms with E-state index in [0.717, 1.165) is 24.1 Å². The Kier molecular flexibility index (Phi) is 3.96. The maximum absolute atomic E-state index is 5.32. The number of nitrogens with zero attached hydrogens (tertiary/aromatic N) is 3. The van der Waals surface area contributed by atoms with E-state index in [9.17, 15) is 0 Å². The topological polar surface area (TPSA) is 55.7 Å². The molecule has 0 amide bonds. The first-order valence-corrected chi connectivity index (χ1v) is 6.51. The second kappa shape index (κ2) is 5.48. The molecule has 0 saturated heterocycles. The Hall–Kier alpha value is -1.43. The summed E-state index contributed by atoms with van der Waals surface area (Å²) in [7, 11) is 1.59. The second-order valence-electron chi connectivity index (χ2n) is 4.70. The molecule has 0 aliphatic heterocycles. The highest BCUT2D eigenvalue weighted by atomic mass is 32.1. The van der Waals surface area contributed by atoms with Crippen molar-refractivity contribution < 1.29 is 4.74 Å². The molecule has 0 unspecified atom stereocenters. The fourth-order valence-electron chi connectivity index (χ4n) is 1.97. The largest absolute Gasteiger partial charge is 0.479 e. The first-order chi connectivity index (χ1) is 8.63. The zero-order valence-corrected chi connectivity index (χ0v) is 11.8. The Morgan fingerprint density at radius 1 is 1.44 bits per heavy atom. The predicted molar refractivity (Wildman–Crippen MR) is 73.3 cm³/mol. The van der Waals surface area contributed by atoms with E-state index in [0.29, 0.717) is 16.6 Å². The predicted octanol–water partition coefficient (Wildman–Crippen LogP) is 2.93. The maximum Gasteiger partial charge on any atom is 0.242 e. The van der Waals surface area contributed by atoms with Gasteiger partial charge in [-0.3, -0.25) is 0 Å². The molecule has 0 saturated carbocycles. The minimum atomic E-state index is 0.536. The van der Waals surface area contributed by atoms with Crippen molar-refractivity contribution in [1.82, 2.24) is 19.5 Å². The molecule has 2 aromatic rings. The van der Waals surface area contributed by atoms with Gasteiger partial charge in [0, 0.05) is 6.54 Å². The average Bonchev–Trinajstić information content (AvgIpc) is 2.65. The van der Waals surface area contributed by atoms with E-state index in [4.69, 9.17) is 17.0 Å². The number of hydrogen-bond donors (Lipinski definition) is 1. The van der Waals surface area contributed by atoms with Crippen LogP contribution in [0.4, 0.5) is 0 Å². The van der Waals surface area contributed by atoms with Gasteiger partial charge in [0.15, 0.2) is 10.4 Å². The summed E-state index contributed by atoms with van der Waals surface area (Å²) in [5.41, 5.74) is 1.59. The second-order valence-corrected chi connectivity index (χ2v) is 5.09. The summed E-state index contributed by atoms with van der Waals surface area (Å²) >= 11 is 5.32. The lowest BCUT2D eigenvalue weighted by Crippen LogP contribution is -2.01. The Morgan fingerprint density at radius 3 is 2.89 bits per heavy atom. The van der Waals surface area contributed by atoms with Gasteiger partial charge in [0.2, 0.25) is 5.88 Å². The number of aryl methyl sites for hydroxylation is 1. The van der Waals surface area contributed by atoms with Crippen LogP contribution in [0, 0.1) is 10.7 Å². The lowest BCUT2D eigenvalue weighted by Gasteiger charge is -2.06. The lowest BCUT2D eigenvalue weighted by atomic mass is 10.1. The molecule has 0 aliphatic carbocycles. The zero-order valence-electron chi connectivity index (χ0n) is 10.9. The van der Waals surface area contributed by atoms with Crippen LogP contribution >= 0.6 is 12.2 Å². The number of H-pyrrole nitrogens is 1. The number of hydrogen-bond acceptors (Lipinski definition) is 4. The van der Waals surface area contributed by atoms with Crippen LogP contribution in [0.1, 0.15) is 26.7 Å². The van der Waals surface area contributed by atoms with Crippen molar-refractivity contribution in [3.63, 3.8) is 0 Å². The summed E-state index contributed by atoms with van der Waals surface area (Å²) in [5, 5.41) is 0. The minimum Gasteiger partial charge on any atom is -0.479 e. The summed E-state index contributed by atoms with van der Waals surface area (Å²) in [6, 6.07) is 0. The maximum atomic E-state index is 5.32. The highest BCUT2D eigenvalue weighted by Crippen LogP contribution is 2.20. The van der Waals surface area contributed by atoms with Crippen LogP contribution in [0.15, 0.2) is 6.33 Å². The van der Waals surface area contributed by atoms with Crippen molar-refractivity contribution in [3.05, 3.63) is 11.1 Å². The molecule has 0 aromatic carbocycles. The van der Waals surface area contributed by atoms with Gasteiger partial charge in [-0.1, -0.05) is 13.8 Å². The van der Waals surface area contributed by atoms with Crippen LogP contribution in [-0.2, 0) is 6.54 Å². The van der Waals surface area contributed by atoms with Crippen LogP contribution in [0.5, 0.6) is 5.88 Å². The summed E-state index contributed by atoms with van der Waals surface area (Å²) in [4.78, 5) is 11.5. The summed E-state index contributed by atoms with van der Waals surface area (Å²) in [6.45, 7) is 5.32.